The van der Waals surface area contributed by atoms with Gasteiger partial charge in [0, 0.05) is 24.0 Å². The summed E-state index contributed by atoms with van der Waals surface area (Å²) < 4.78 is 28.6. The highest BCUT2D eigenvalue weighted by molar-refractivity contribution is 5.21. The summed E-state index contributed by atoms with van der Waals surface area (Å²) in [4.78, 5) is 0. The molecule has 0 saturated carbocycles. The van der Waals surface area contributed by atoms with Gasteiger partial charge in [0.1, 0.15) is 0 Å². The molecule has 18 heavy (non-hydrogen) atoms. The van der Waals surface area contributed by atoms with Crippen molar-refractivity contribution < 1.29 is 8.78 Å². The molecule has 4 heteroatoms. The quantitative estimate of drug-likeness (QED) is 0.863. The third-order valence-corrected chi connectivity index (χ3v) is 2.85. The van der Waals surface area contributed by atoms with Gasteiger partial charge in [-0.3, -0.25) is 0 Å². The fourth-order valence-corrected chi connectivity index (χ4v) is 1.87. The Morgan fingerprint density at radius 3 is 2.78 bits per heavy atom. The minimum absolute atomic E-state index is 0.345. The van der Waals surface area contributed by atoms with Crippen LogP contribution in [0.4, 0.5) is 8.78 Å². The van der Waals surface area contributed by atoms with Crippen LogP contribution in [0.25, 0.3) is 0 Å². The number of rotatable bonds is 5. The number of nitrogens with one attached hydrogen (secondary N) is 1. The highest BCUT2D eigenvalue weighted by Gasteiger charge is 2.09. The van der Waals surface area contributed by atoms with Crippen LogP contribution >= 0.6 is 0 Å². The van der Waals surface area contributed by atoms with Gasteiger partial charge in [0.15, 0.2) is 11.6 Å². The lowest BCUT2D eigenvalue weighted by Gasteiger charge is -2.10. The summed E-state index contributed by atoms with van der Waals surface area (Å²) in [5, 5.41) is 3.21. The summed E-state index contributed by atoms with van der Waals surface area (Å²) >= 11 is 0. The molecule has 0 aliphatic rings. The van der Waals surface area contributed by atoms with Crippen molar-refractivity contribution in [2.75, 3.05) is 6.54 Å². The number of halogens is 2. The van der Waals surface area contributed by atoms with Crippen LogP contribution in [0.1, 0.15) is 18.2 Å². The lowest BCUT2D eigenvalue weighted by atomic mass is 10.2. The Morgan fingerprint density at radius 1 is 1.17 bits per heavy atom. The van der Waals surface area contributed by atoms with Gasteiger partial charge in [0.2, 0.25) is 0 Å². The smallest absolute Gasteiger partial charge is 0.163 e. The van der Waals surface area contributed by atoms with Crippen LogP contribution in [0.5, 0.6) is 0 Å². The van der Waals surface area contributed by atoms with E-state index in [-0.39, 0.29) is 0 Å². The third kappa shape index (κ3) is 2.76. The van der Waals surface area contributed by atoms with Crippen LogP contribution in [0.2, 0.25) is 0 Å². The van der Waals surface area contributed by atoms with E-state index in [1.807, 2.05) is 29.8 Å². The molecule has 1 aromatic carbocycles. The van der Waals surface area contributed by atoms with E-state index in [0.717, 1.165) is 24.8 Å². The molecule has 96 valence electrons. The molecular weight excluding hydrogens is 234 g/mol. The Balaban J connectivity index is 2.18. The average Bonchev–Trinajstić information content (AvgIpc) is 2.80. The fourth-order valence-electron chi connectivity index (χ4n) is 1.87. The predicted molar refractivity (Wildman–Crippen MR) is 67.3 cm³/mol. The maximum Gasteiger partial charge on any atom is 0.163 e. The van der Waals surface area contributed by atoms with Gasteiger partial charge in [-0.2, -0.15) is 0 Å². The minimum atomic E-state index is -0.798. The van der Waals surface area contributed by atoms with Crippen LogP contribution in [0, 0.1) is 11.6 Å². The van der Waals surface area contributed by atoms with Crippen LogP contribution < -0.4 is 5.32 Å². The van der Waals surface area contributed by atoms with Gasteiger partial charge < -0.3 is 9.88 Å². The van der Waals surface area contributed by atoms with Gasteiger partial charge in [0.25, 0.3) is 0 Å². The highest BCUT2D eigenvalue weighted by atomic mass is 19.2. The van der Waals surface area contributed by atoms with Crippen LogP contribution in [-0.4, -0.2) is 11.1 Å². The van der Waals surface area contributed by atoms with Gasteiger partial charge >= 0.3 is 0 Å². The van der Waals surface area contributed by atoms with E-state index in [1.54, 1.807) is 6.07 Å². The molecule has 0 aliphatic heterocycles. The Labute approximate surface area is 105 Å². The first-order valence-electron chi connectivity index (χ1n) is 6.00. The molecule has 0 amide bonds. The molecule has 0 bridgehead atoms. The van der Waals surface area contributed by atoms with E-state index in [2.05, 4.69) is 5.32 Å². The number of nitrogens with zero attached hydrogens (tertiary/aromatic N) is 1. The molecule has 1 N–H and O–H groups in total. The zero-order valence-electron chi connectivity index (χ0n) is 10.3. The van der Waals surface area contributed by atoms with Gasteiger partial charge in [0.05, 0.1) is 6.54 Å². The molecule has 0 unspecified atom stereocenters. The summed E-state index contributed by atoms with van der Waals surface area (Å²) in [6.07, 6.45) is 1.87. The SMILES string of the molecule is CCNCc1cccn1Cc1cccc(F)c1F. The average molecular weight is 250 g/mol. The zero-order valence-corrected chi connectivity index (χ0v) is 10.3. The number of aromatic nitrogens is 1. The van der Waals surface area contributed by atoms with Gasteiger partial charge in [-0.25, -0.2) is 8.78 Å². The lowest BCUT2D eigenvalue weighted by Crippen LogP contribution is -2.16. The normalized spacial score (nSPS) is 10.8. The van der Waals surface area contributed by atoms with Gasteiger partial charge in [-0.05, 0) is 24.7 Å². The van der Waals surface area contributed by atoms with E-state index in [1.165, 1.54) is 6.07 Å². The second kappa shape index (κ2) is 5.78. The van der Waals surface area contributed by atoms with Crippen molar-refractivity contribution in [1.82, 2.24) is 9.88 Å². The molecule has 0 saturated heterocycles. The third-order valence-electron chi connectivity index (χ3n) is 2.85. The van der Waals surface area contributed by atoms with E-state index in [4.69, 9.17) is 0 Å². The summed E-state index contributed by atoms with van der Waals surface area (Å²) in [5.41, 5.74) is 1.42. The first-order valence-corrected chi connectivity index (χ1v) is 6.00. The Morgan fingerprint density at radius 2 is 2.00 bits per heavy atom. The van der Waals surface area contributed by atoms with Gasteiger partial charge in [-0.1, -0.05) is 19.1 Å². The van der Waals surface area contributed by atoms with Crippen molar-refractivity contribution in [3.8, 4) is 0 Å². The predicted octanol–water partition coefficient (Wildman–Crippen LogP) is 2.92. The fraction of sp³-hybridized carbons (Fsp3) is 0.286. The summed E-state index contributed by atoms with van der Waals surface area (Å²) in [6.45, 7) is 3.97. The van der Waals surface area contributed by atoms with Crippen molar-refractivity contribution in [2.24, 2.45) is 0 Å². The Bertz CT molecular complexity index is 520. The minimum Gasteiger partial charge on any atom is -0.346 e. The molecule has 0 atom stereocenters. The second-order valence-electron chi connectivity index (χ2n) is 4.12. The van der Waals surface area contributed by atoms with E-state index < -0.39 is 11.6 Å². The molecular formula is C14H16F2N2. The van der Waals surface area contributed by atoms with Crippen molar-refractivity contribution >= 4 is 0 Å². The number of benzene rings is 1. The molecule has 0 radical (unpaired) electrons. The highest BCUT2D eigenvalue weighted by Crippen LogP contribution is 2.14. The summed E-state index contributed by atoms with van der Waals surface area (Å²) in [7, 11) is 0. The van der Waals surface area contributed by atoms with Crippen LogP contribution in [0.15, 0.2) is 36.5 Å². The number of hydrogen-bond acceptors (Lipinski definition) is 1. The first-order chi connectivity index (χ1) is 8.72. The van der Waals surface area contributed by atoms with Crippen molar-refractivity contribution in [2.45, 2.75) is 20.0 Å². The topological polar surface area (TPSA) is 17.0 Å². The largest absolute Gasteiger partial charge is 0.346 e. The van der Waals surface area contributed by atoms with E-state index >= 15 is 0 Å². The zero-order chi connectivity index (χ0) is 13.0. The monoisotopic (exact) mass is 250 g/mol. The standard InChI is InChI=1S/C14H16F2N2/c1-2-17-9-12-6-4-8-18(12)10-11-5-3-7-13(15)14(11)16/h3-8,17H,2,9-10H2,1H3. The Hall–Kier alpha value is -1.68. The van der Waals surface area contributed by atoms with Crippen LogP contribution in [-0.2, 0) is 13.1 Å². The molecule has 1 heterocycles. The summed E-state index contributed by atoms with van der Waals surface area (Å²) in [6, 6.07) is 8.15. The second-order valence-corrected chi connectivity index (χ2v) is 4.12. The molecule has 1 aromatic heterocycles. The lowest BCUT2D eigenvalue weighted by molar-refractivity contribution is 0.494. The van der Waals surface area contributed by atoms with Crippen molar-refractivity contribution in [3.05, 3.63) is 59.4 Å². The van der Waals surface area contributed by atoms with Crippen molar-refractivity contribution in [3.63, 3.8) is 0 Å². The van der Waals surface area contributed by atoms with Crippen LogP contribution in [0.3, 0.4) is 0 Å². The van der Waals surface area contributed by atoms with E-state index in [0.29, 0.717) is 12.1 Å². The number of hydrogen-bond donors (Lipinski definition) is 1. The molecule has 2 nitrogen and oxygen atoms in total. The first kappa shape index (κ1) is 12.8. The maximum atomic E-state index is 13.6. The molecule has 2 aromatic rings. The maximum absolute atomic E-state index is 13.6. The summed E-state index contributed by atoms with van der Waals surface area (Å²) in [5.74, 6) is -1.56. The Kier molecular flexibility index (Phi) is 4.10. The molecule has 0 spiro atoms. The van der Waals surface area contributed by atoms with E-state index in [9.17, 15) is 8.78 Å². The molecule has 0 aliphatic carbocycles. The van der Waals surface area contributed by atoms with Crippen molar-refractivity contribution in [1.29, 1.82) is 0 Å². The van der Waals surface area contributed by atoms with Gasteiger partial charge in [-0.15, -0.1) is 0 Å². The molecule has 0 fully saturated rings. The molecule has 2 rings (SSSR count).